The van der Waals surface area contributed by atoms with Crippen LogP contribution < -0.4 is 0 Å². The van der Waals surface area contributed by atoms with Gasteiger partial charge < -0.3 is 4.74 Å². The Kier molecular flexibility index (Phi) is 4.47. The number of nitriles is 1. The van der Waals surface area contributed by atoms with E-state index in [1.54, 1.807) is 13.2 Å². The lowest BCUT2D eigenvalue weighted by Crippen LogP contribution is -2.40. The van der Waals surface area contributed by atoms with Crippen LogP contribution in [0.1, 0.15) is 13.3 Å². The fraction of sp³-hybridized carbons (Fsp3) is 0.700. The topological polar surface area (TPSA) is 70.4 Å². The molecule has 5 nitrogen and oxygen atoms in total. The first-order valence-corrected chi connectivity index (χ1v) is 6.58. The third-order valence-electron chi connectivity index (χ3n) is 2.58. The number of hydrogen-bond acceptors (Lipinski definition) is 4. The normalized spacial score (nSPS) is 19.9. The van der Waals surface area contributed by atoms with Crippen LogP contribution in [0.3, 0.4) is 0 Å². The molecule has 0 aromatic heterocycles. The summed E-state index contributed by atoms with van der Waals surface area (Å²) in [5, 5.41) is 7.66. The van der Waals surface area contributed by atoms with Crippen LogP contribution in [0.2, 0.25) is 0 Å². The molecule has 0 amide bonds. The second-order valence-corrected chi connectivity index (χ2v) is 5.97. The van der Waals surface area contributed by atoms with Crippen LogP contribution in [-0.4, -0.2) is 44.8 Å². The van der Waals surface area contributed by atoms with E-state index in [4.69, 9.17) is 10.00 Å². The fourth-order valence-electron chi connectivity index (χ4n) is 1.53. The van der Waals surface area contributed by atoms with Crippen LogP contribution in [0.4, 0.5) is 0 Å². The molecule has 16 heavy (non-hydrogen) atoms. The standard InChI is InChI=1S/C10H16N2O3S/c1-9(7-11)16(13,14)12-5-3-10(4-6-12)8-15-2/h3,9H,4-6,8H2,1-2H3. The van der Waals surface area contributed by atoms with Crippen LogP contribution in [0.5, 0.6) is 0 Å². The molecule has 1 heterocycles. The average molecular weight is 244 g/mol. The number of sulfonamides is 1. The van der Waals surface area contributed by atoms with Crippen LogP contribution in [0.15, 0.2) is 11.6 Å². The van der Waals surface area contributed by atoms with E-state index in [1.807, 2.05) is 6.08 Å². The summed E-state index contributed by atoms with van der Waals surface area (Å²) in [4.78, 5) is 0. The fourth-order valence-corrected chi connectivity index (χ4v) is 2.74. The molecule has 1 aliphatic rings. The van der Waals surface area contributed by atoms with Gasteiger partial charge in [0.2, 0.25) is 10.0 Å². The van der Waals surface area contributed by atoms with Gasteiger partial charge in [-0.15, -0.1) is 0 Å². The van der Waals surface area contributed by atoms with Crippen molar-refractivity contribution in [3.05, 3.63) is 11.6 Å². The van der Waals surface area contributed by atoms with E-state index >= 15 is 0 Å². The van der Waals surface area contributed by atoms with Gasteiger partial charge in [0.15, 0.2) is 5.25 Å². The van der Waals surface area contributed by atoms with Crippen molar-refractivity contribution in [1.82, 2.24) is 4.31 Å². The van der Waals surface area contributed by atoms with E-state index < -0.39 is 15.3 Å². The van der Waals surface area contributed by atoms with Gasteiger partial charge >= 0.3 is 0 Å². The van der Waals surface area contributed by atoms with Gasteiger partial charge in [-0.25, -0.2) is 8.42 Å². The molecule has 0 radical (unpaired) electrons. The zero-order chi connectivity index (χ0) is 12.2. The highest BCUT2D eigenvalue weighted by Crippen LogP contribution is 2.16. The van der Waals surface area contributed by atoms with Crippen LogP contribution in [0.25, 0.3) is 0 Å². The van der Waals surface area contributed by atoms with Crippen molar-refractivity contribution in [2.75, 3.05) is 26.8 Å². The van der Waals surface area contributed by atoms with Crippen molar-refractivity contribution in [3.8, 4) is 6.07 Å². The maximum Gasteiger partial charge on any atom is 0.230 e. The monoisotopic (exact) mass is 244 g/mol. The van der Waals surface area contributed by atoms with Crippen molar-refractivity contribution in [1.29, 1.82) is 5.26 Å². The van der Waals surface area contributed by atoms with Crippen molar-refractivity contribution in [3.63, 3.8) is 0 Å². The van der Waals surface area contributed by atoms with Crippen molar-refractivity contribution >= 4 is 10.0 Å². The SMILES string of the molecule is COCC1=CCN(S(=O)(=O)C(C)C#N)CC1. The molecule has 6 heteroatoms. The molecule has 0 N–H and O–H groups in total. The third-order valence-corrected chi connectivity index (χ3v) is 4.63. The lowest BCUT2D eigenvalue weighted by atomic mass is 10.1. The molecule has 0 aromatic rings. The maximum atomic E-state index is 11.8. The second-order valence-electron chi connectivity index (χ2n) is 3.72. The van der Waals surface area contributed by atoms with Gasteiger partial charge in [-0.3, -0.25) is 0 Å². The first-order chi connectivity index (χ1) is 7.52. The Hall–Kier alpha value is -0.900. The Bertz CT molecular complexity index is 408. The smallest absolute Gasteiger partial charge is 0.230 e. The highest BCUT2D eigenvalue weighted by Gasteiger charge is 2.29. The van der Waals surface area contributed by atoms with Crippen LogP contribution >= 0.6 is 0 Å². The number of methoxy groups -OCH3 is 1. The molecule has 90 valence electrons. The number of nitrogens with zero attached hydrogens (tertiary/aromatic N) is 2. The molecule has 1 aliphatic heterocycles. The maximum absolute atomic E-state index is 11.8. The lowest BCUT2D eigenvalue weighted by molar-refractivity contribution is 0.219. The zero-order valence-electron chi connectivity index (χ0n) is 9.51. The van der Waals surface area contributed by atoms with E-state index in [2.05, 4.69) is 0 Å². The Morgan fingerprint density at radius 2 is 2.38 bits per heavy atom. The van der Waals surface area contributed by atoms with Gasteiger partial charge in [-0.2, -0.15) is 9.57 Å². The van der Waals surface area contributed by atoms with Gasteiger partial charge in [0.1, 0.15) is 0 Å². The zero-order valence-corrected chi connectivity index (χ0v) is 10.3. The molecule has 1 unspecified atom stereocenters. The van der Waals surface area contributed by atoms with E-state index in [1.165, 1.54) is 11.2 Å². The molecule has 1 atom stereocenters. The Morgan fingerprint density at radius 1 is 1.69 bits per heavy atom. The molecule has 1 rings (SSSR count). The lowest BCUT2D eigenvalue weighted by Gasteiger charge is -2.26. The van der Waals surface area contributed by atoms with Gasteiger partial charge in [0, 0.05) is 20.2 Å². The van der Waals surface area contributed by atoms with E-state index in [0.29, 0.717) is 26.1 Å². The van der Waals surface area contributed by atoms with E-state index in [0.717, 1.165) is 5.57 Å². The molecule has 0 bridgehead atoms. The highest BCUT2D eigenvalue weighted by atomic mass is 32.2. The van der Waals surface area contributed by atoms with Crippen LogP contribution in [0, 0.1) is 11.3 Å². The molecular weight excluding hydrogens is 228 g/mol. The van der Waals surface area contributed by atoms with Crippen molar-refractivity contribution in [2.45, 2.75) is 18.6 Å². The second kappa shape index (κ2) is 5.43. The number of rotatable bonds is 4. The van der Waals surface area contributed by atoms with Crippen molar-refractivity contribution in [2.24, 2.45) is 0 Å². The molecule has 0 spiro atoms. The summed E-state index contributed by atoms with van der Waals surface area (Å²) in [6.45, 7) is 2.72. The minimum absolute atomic E-state index is 0.340. The summed E-state index contributed by atoms with van der Waals surface area (Å²) in [6.07, 6.45) is 2.53. The molecule has 0 aromatic carbocycles. The Labute approximate surface area is 96.4 Å². The third kappa shape index (κ3) is 2.82. The molecule has 0 aliphatic carbocycles. The first-order valence-electron chi connectivity index (χ1n) is 5.07. The molecule has 0 saturated heterocycles. The minimum Gasteiger partial charge on any atom is -0.380 e. The number of hydrogen-bond donors (Lipinski definition) is 0. The van der Waals surface area contributed by atoms with Gasteiger partial charge in [-0.05, 0) is 18.9 Å². The summed E-state index contributed by atoms with van der Waals surface area (Å²) in [5.41, 5.74) is 1.11. The Morgan fingerprint density at radius 3 is 2.81 bits per heavy atom. The van der Waals surface area contributed by atoms with Crippen LogP contribution in [-0.2, 0) is 14.8 Å². The highest BCUT2D eigenvalue weighted by molar-refractivity contribution is 7.89. The van der Waals surface area contributed by atoms with Gasteiger partial charge in [0.05, 0.1) is 12.7 Å². The van der Waals surface area contributed by atoms with Gasteiger partial charge in [0.25, 0.3) is 0 Å². The van der Waals surface area contributed by atoms with E-state index in [-0.39, 0.29) is 0 Å². The largest absolute Gasteiger partial charge is 0.380 e. The number of ether oxygens (including phenoxy) is 1. The van der Waals surface area contributed by atoms with Gasteiger partial charge in [-0.1, -0.05) is 6.08 Å². The summed E-state index contributed by atoms with van der Waals surface area (Å²) < 4.78 is 30.0. The quantitative estimate of drug-likeness (QED) is 0.675. The predicted octanol–water partition coefficient (Wildman–Crippen LogP) is 0.507. The Balaban J connectivity index is 2.71. The summed E-state index contributed by atoms with van der Waals surface area (Å²) in [5.74, 6) is 0. The average Bonchev–Trinajstić information content (AvgIpc) is 2.29. The molecular formula is C10H16N2O3S. The molecule has 0 fully saturated rings. The summed E-state index contributed by atoms with van der Waals surface area (Å²) in [6, 6.07) is 1.76. The summed E-state index contributed by atoms with van der Waals surface area (Å²) >= 11 is 0. The molecule has 0 saturated carbocycles. The predicted molar refractivity (Wildman–Crippen MR) is 60.1 cm³/mol. The minimum atomic E-state index is -3.46. The van der Waals surface area contributed by atoms with Crippen molar-refractivity contribution < 1.29 is 13.2 Å². The summed E-state index contributed by atoms with van der Waals surface area (Å²) in [7, 11) is -1.85. The first kappa shape index (κ1) is 13.2. The van der Waals surface area contributed by atoms with E-state index in [9.17, 15) is 8.42 Å².